The molecule has 1 unspecified atom stereocenters. The lowest BCUT2D eigenvalue weighted by atomic mass is 10.1. The second-order valence-electron chi connectivity index (χ2n) is 7.05. The van der Waals surface area contributed by atoms with Gasteiger partial charge in [0.25, 0.3) is 5.56 Å². The first-order valence-electron chi connectivity index (χ1n) is 9.64. The van der Waals surface area contributed by atoms with Gasteiger partial charge < -0.3 is 10.6 Å². The normalized spacial score (nSPS) is 11.6. The third-order valence-corrected chi connectivity index (χ3v) is 5.54. The maximum absolute atomic E-state index is 12.7. The number of carbonyl (C=O) groups excluding carboxylic acids is 2. The van der Waals surface area contributed by atoms with Crippen LogP contribution in [0.2, 0.25) is 0 Å². The lowest BCUT2D eigenvalue weighted by Gasteiger charge is -2.13. The molecule has 3 N–H and O–H groups in total. The quantitative estimate of drug-likeness (QED) is 0.508. The molecule has 0 saturated carbocycles. The second-order valence-corrected chi connectivity index (χ2v) is 8.38. The first kappa shape index (κ1) is 22.2. The van der Waals surface area contributed by atoms with Crippen LogP contribution in [0.15, 0.2) is 52.4 Å². The van der Waals surface area contributed by atoms with E-state index in [4.69, 9.17) is 0 Å². The Morgan fingerprint density at radius 3 is 2.39 bits per heavy atom. The highest BCUT2D eigenvalue weighted by molar-refractivity contribution is 8.00. The van der Waals surface area contributed by atoms with Gasteiger partial charge in [-0.05, 0) is 38.0 Å². The van der Waals surface area contributed by atoms with Crippen molar-refractivity contribution < 1.29 is 9.59 Å². The number of hydrogen-bond donors (Lipinski definition) is 3. The van der Waals surface area contributed by atoms with Gasteiger partial charge >= 0.3 is 0 Å². The van der Waals surface area contributed by atoms with E-state index in [2.05, 4.69) is 25.8 Å². The number of hydrogen-bond acceptors (Lipinski definition) is 6. The van der Waals surface area contributed by atoms with Crippen LogP contribution in [0.3, 0.4) is 0 Å². The van der Waals surface area contributed by atoms with E-state index < -0.39 is 10.8 Å². The molecule has 31 heavy (non-hydrogen) atoms. The maximum Gasteiger partial charge on any atom is 0.278 e. The number of H-pyrrole nitrogens is 1. The van der Waals surface area contributed by atoms with E-state index in [0.717, 1.165) is 28.6 Å². The summed E-state index contributed by atoms with van der Waals surface area (Å²) < 4.78 is 0. The minimum absolute atomic E-state index is 0.0915. The van der Waals surface area contributed by atoms with Crippen LogP contribution in [-0.4, -0.2) is 32.2 Å². The number of nitrogens with zero attached hydrogens (tertiary/aromatic N) is 2. The number of carbonyl (C=O) groups is 2. The number of para-hydroxylation sites is 2. The van der Waals surface area contributed by atoms with Crippen LogP contribution < -0.4 is 16.2 Å². The summed E-state index contributed by atoms with van der Waals surface area (Å²) in [5.74, 6) is -0.460. The van der Waals surface area contributed by atoms with Gasteiger partial charge in [0, 0.05) is 18.2 Å². The van der Waals surface area contributed by atoms with Crippen molar-refractivity contribution in [2.75, 3.05) is 10.6 Å². The summed E-state index contributed by atoms with van der Waals surface area (Å²) in [5, 5.41) is 13.5. The minimum atomic E-state index is -0.510. The molecule has 0 fully saturated rings. The van der Waals surface area contributed by atoms with Crippen LogP contribution in [0.1, 0.15) is 25.0 Å². The summed E-state index contributed by atoms with van der Waals surface area (Å²) in [6, 6.07) is 12.8. The second kappa shape index (κ2) is 9.57. The van der Waals surface area contributed by atoms with Crippen molar-refractivity contribution in [1.29, 1.82) is 0 Å². The Kier molecular flexibility index (Phi) is 6.86. The summed E-state index contributed by atoms with van der Waals surface area (Å²) in [6.45, 7) is 6.86. The Balaban J connectivity index is 1.80. The van der Waals surface area contributed by atoms with Crippen LogP contribution in [0.4, 0.5) is 11.4 Å². The van der Waals surface area contributed by atoms with Crippen LogP contribution in [0.5, 0.6) is 0 Å². The van der Waals surface area contributed by atoms with E-state index >= 15 is 0 Å². The molecule has 1 aromatic heterocycles. The summed E-state index contributed by atoms with van der Waals surface area (Å²) in [7, 11) is 0. The van der Waals surface area contributed by atoms with Crippen molar-refractivity contribution in [3.05, 3.63) is 63.9 Å². The number of aryl methyl sites for hydroxylation is 2. The molecule has 1 heterocycles. The Labute approximate surface area is 183 Å². The molecule has 0 aliphatic carbocycles. The molecule has 2 aromatic carbocycles. The fourth-order valence-corrected chi connectivity index (χ4v) is 3.67. The van der Waals surface area contributed by atoms with Crippen molar-refractivity contribution in [2.45, 2.75) is 38.1 Å². The molecule has 8 nitrogen and oxygen atoms in total. The van der Waals surface area contributed by atoms with Crippen molar-refractivity contribution in [3.8, 4) is 11.3 Å². The van der Waals surface area contributed by atoms with Gasteiger partial charge in [0.15, 0.2) is 10.9 Å². The molecule has 3 rings (SSSR count). The molecule has 0 bridgehead atoms. The van der Waals surface area contributed by atoms with E-state index in [1.54, 1.807) is 19.1 Å². The van der Waals surface area contributed by atoms with Gasteiger partial charge in [0.05, 0.1) is 10.9 Å². The average molecular weight is 438 g/mol. The molecule has 2 amide bonds. The van der Waals surface area contributed by atoms with Crippen LogP contribution in [0.25, 0.3) is 11.3 Å². The zero-order valence-electron chi connectivity index (χ0n) is 17.6. The molecule has 0 spiro atoms. The monoisotopic (exact) mass is 437 g/mol. The highest BCUT2D eigenvalue weighted by atomic mass is 32.2. The van der Waals surface area contributed by atoms with Gasteiger partial charge in [-0.3, -0.25) is 19.4 Å². The van der Waals surface area contributed by atoms with Crippen LogP contribution >= 0.6 is 11.8 Å². The predicted molar refractivity (Wildman–Crippen MR) is 122 cm³/mol. The zero-order valence-corrected chi connectivity index (χ0v) is 18.5. The highest BCUT2D eigenvalue weighted by Gasteiger charge is 2.19. The Morgan fingerprint density at radius 2 is 1.71 bits per heavy atom. The van der Waals surface area contributed by atoms with E-state index in [-0.39, 0.29) is 22.7 Å². The third-order valence-electron chi connectivity index (χ3n) is 4.57. The average Bonchev–Trinajstić information content (AvgIpc) is 2.71. The topological polar surface area (TPSA) is 117 Å². The molecule has 0 aliphatic heterocycles. The summed E-state index contributed by atoms with van der Waals surface area (Å²) in [5.41, 5.74) is 3.12. The smallest absolute Gasteiger partial charge is 0.278 e. The number of amides is 2. The number of nitrogens with one attached hydrogen (secondary N) is 3. The number of rotatable bonds is 6. The lowest BCUT2D eigenvalue weighted by Crippen LogP contribution is -2.24. The van der Waals surface area contributed by atoms with Crippen LogP contribution in [-0.2, 0) is 9.59 Å². The molecular formula is C22H23N5O3S. The van der Waals surface area contributed by atoms with Crippen LogP contribution in [0, 0.1) is 13.8 Å². The Bertz CT molecular complexity index is 1190. The molecule has 0 radical (unpaired) electrons. The summed E-state index contributed by atoms with van der Waals surface area (Å²) in [6.07, 6.45) is 0. The fourth-order valence-electron chi connectivity index (χ4n) is 2.93. The molecule has 1 atom stereocenters. The van der Waals surface area contributed by atoms with E-state index in [9.17, 15) is 14.4 Å². The number of benzene rings is 2. The molecular weight excluding hydrogens is 414 g/mol. The number of aromatic nitrogens is 3. The highest BCUT2D eigenvalue weighted by Crippen LogP contribution is 2.28. The van der Waals surface area contributed by atoms with Gasteiger partial charge in [-0.1, -0.05) is 48.2 Å². The van der Waals surface area contributed by atoms with Gasteiger partial charge in [0.1, 0.15) is 0 Å². The first-order valence-corrected chi connectivity index (χ1v) is 10.5. The van der Waals surface area contributed by atoms with E-state index in [1.165, 1.54) is 6.92 Å². The summed E-state index contributed by atoms with van der Waals surface area (Å²) >= 11 is 1.10. The predicted octanol–water partition coefficient (Wildman–Crippen LogP) is 3.53. The van der Waals surface area contributed by atoms with Gasteiger partial charge in [-0.15, -0.1) is 10.2 Å². The largest absolute Gasteiger partial charge is 0.325 e. The SMILES string of the molecule is CC(=O)Nc1c(C)cccc1-c1nnc(SC(C)C(=O)Nc2ccccc2C)[nH]c1=O. The first-order chi connectivity index (χ1) is 14.8. The standard InChI is InChI=1S/C22H23N5O3S/c1-12-8-5-6-11-17(12)24-20(29)14(3)31-22-25-21(30)19(26-27-22)16-10-7-9-13(2)18(16)23-15(4)28/h5-11,14H,1-4H3,(H,23,28)(H,24,29)(H,25,27,30). The molecule has 0 aliphatic rings. The van der Waals surface area contributed by atoms with Gasteiger partial charge in [0.2, 0.25) is 11.8 Å². The number of aromatic amines is 1. The third kappa shape index (κ3) is 5.37. The molecule has 160 valence electrons. The van der Waals surface area contributed by atoms with E-state index in [1.807, 2.05) is 44.2 Å². The van der Waals surface area contributed by atoms with Gasteiger partial charge in [-0.2, -0.15) is 0 Å². The van der Waals surface area contributed by atoms with Gasteiger partial charge in [-0.25, -0.2) is 0 Å². The molecule has 3 aromatic rings. The summed E-state index contributed by atoms with van der Waals surface area (Å²) in [4.78, 5) is 39.4. The Hall–Kier alpha value is -3.46. The molecule has 9 heteroatoms. The minimum Gasteiger partial charge on any atom is -0.325 e. The van der Waals surface area contributed by atoms with Crippen molar-refractivity contribution in [3.63, 3.8) is 0 Å². The number of anilines is 2. The van der Waals surface area contributed by atoms with E-state index in [0.29, 0.717) is 11.3 Å². The zero-order chi connectivity index (χ0) is 22.5. The van der Waals surface area contributed by atoms with Crippen molar-refractivity contribution in [1.82, 2.24) is 15.2 Å². The maximum atomic E-state index is 12.7. The van der Waals surface area contributed by atoms with Crippen molar-refractivity contribution >= 4 is 35.0 Å². The fraction of sp³-hybridized carbons (Fsp3) is 0.227. The number of thioether (sulfide) groups is 1. The molecule has 0 saturated heterocycles. The lowest BCUT2D eigenvalue weighted by molar-refractivity contribution is -0.115. The Morgan fingerprint density at radius 1 is 1.00 bits per heavy atom. The van der Waals surface area contributed by atoms with Crippen molar-refractivity contribution in [2.24, 2.45) is 0 Å².